The van der Waals surface area contributed by atoms with Crippen molar-refractivity contribution in [2.24, 2.45) is 0 Å². The van der Waals surface area contributed by atoms with Crippen molar-refractivity contribution < 1.29 is 13.3 Å². The summed E-state index contributed by atoms with van der Waals surface area (Å²) in [4.78, 5) is 9.68. The van der Waals surface area contributed by atoms with Crippen LogP contribution in [-0.2, 0) is 10.0 Å². The van der Waals surface area contributed by atoms with Gasteiger partial charge in [0.15, 0.2) is 0 Å². The normalized spacial score (nSPS) is 11.4. The summed E-state index contributed by atoms with van der Waals surface area (Å²) in [6.07, 6.45) is 0. The molecule has 0 unspecified atom stereocenters. The number of halogens is 1. The number of nitro benzene ring substituents is 1. The van der Waals surface area contributed by atoms with Gasteiger partial charge in [-0.1, -0.05) is 11.6 Å². The lowest BCUT2D eigenvalue weighted by atomic mass is 10.3. The molecule has 1 aromatic rings. The SMILES string of the molecule is CNCCNS(=O)(=O)c1ccc([N+](=O)[O-])cc1Cl. The molecule has 0 bridgehead atoms. The Morgan fingerprint density at radius 3 is 2.56 bits per heavy atom. The first-order valence-corrected chi connectivity index (χ1v) is 6.83. The quantitative estimate of drug-likeness (QED) is 0.458. The Labute approximate surface area is 109 Å². The van der Waals surface area contributed by atoms with Crippen LogP contribution in [0.25, 0.3) is 0 Å². The second-order valence-electron chi connectivity index (χ2n) is 3.37. The van der Waals surface area contributed by atoms with Crippen molar-refractivity contribution in [1.82, 2.24) is 10.0 Å². The summed E-state index contributed by atoms with van der Waals surface area (Å²) in [5.41, 5.74) is -0.255. The van der Waals surface area contributed by atoms with Gasteiger partial charge in [-0.05, 0) is 13.1 Å². The maximum absolute atomic E-state index is 11.8. The maximum Gasteiger partial charge on any atom is 0.271 e. The monoisotopic (exact) mass is 293 g/mol. The van der Waals surface area contributed by atoms with Crippen molar-refractivity contribution >= 4 is 27.3 Å². The second-order valence-corrected chi connectivity index (χ2v) is 5.52. The van der Waals surface area contributed by atoms with Gasteiger partial charge >= 0.3 is 0 Å². The summed E-state index contributed by atoms with van der Waals surface area (Å²) in [5.74, 6) is 0. The van der Waals surface area contributed by atoms with E-state index >= 15 is 0 Å². The van der Waals surface area contributed by atoms with Gasteiger partial charge in [0.1, 0.15) is 4.90 Å². The van der Waals surface area contributed by atoms with Crippen LogP contribution in [0.4, 0.5) is 5.69 Å². The van der Waals surface area contributed by atoms with E-state index in [1.54, 1.807) is 7.05 Å². The third-order valence-electron chi connectivity index (χ3n) is 2.08. The largest absolute Gasteiger partial charge is 0.318 e. The number of benzene rings is 1. The number of sulfonamides is 1. The molecule has 0 aliphatic heterocycles. The van der Waals surface area contributed by atoms with E-state index in [0.29, 0.717) is 6.54 Å². The number of nitro groups is 1. The van der Waals surface area contributed by atoms with E-state index < -0.39 is 14.9 Å². The van der Waals surface area contributed by atoms with Crippen LogP contribution < -0.4 is 10.0 Å². The van der Waals surface area contributed by atoms with Crippen LogP contribution in [0.5, 0.6) is 0 Å². The van der Waals surface area contributed by atoms with E-state index in [1.807, 2.05) is 0 Å². The fourth-order valence-electron chi connectivity index (χ4n) is 1.21. The van der Waals surface area contributed by atoms with Crippen LogP contribution in [-0.4, -0.2) is 33.5 Å². The Bertz CT molecular complexity index is 547. The highest BCUT2D eigenvalue weighted by atomic mass is 35.5. The highest BCUT2D eigenvalue weighted by molar-refractivity contribution is 7.89. The summed E-state index contributed by atoms with van der Waals surface area (Å²) in [7, 11) is -2.06. The maximum atomic E-state index is 11.8. The van der Waals surface area contributed by atoms with Gasteiger partial charge in [-0.15, -0.1) is 0 Å². The van der Waals surface area contributed by atoms with Crippen LogP contribution in [0.15, 0.2) is 23.1 Å². The lowest BCUT2D eigenvalue weighted by Gasteiger charge is -2.07. The number of non-ortho nitro benzene ring substituents is 1. The molecule has 0 aromatic heterocycles. The Morgan fingerprint density at radius 1 is 1.39 bits per heavy atom. The molecule has 1 rings (SSSR count). The average molecular weight is 294 g/mol. The molecule has 0 saturated heterocycles. The number of hydrogen-bond donors (Lipinski definition) is 2. The van der Waals surface area contributed by atoms with Crippen molar-refractivity contribution in [3.63, 3.8) is 0 Å². The predicted octanol–water partition coefficient (Wildman–Crippen LogP) is 0.746. The molecule has 0 spiro atoms. The van der Waals surface area contributed by atoms with E-state index in [9.17, 15) is 18.5 Å². The van der Waals surface area contributed by atoms with Crippen LogP contribution in [0.2, 0.25) is 5.02 Å². The Kier molecular flexibility index (Phi) is 5.03. The van der Waals surface area contributed by atoms with Crippen molar-refractivity contribution in [1.29, 1.82) is 0 Å². The molecule has 0 atom stereocenters. The first-order valence-electron chi connectivity index (χ1n) is 4.96. The zero-order valence-electron chi connectivity index (χ0n) is 9.51. The average Bonchev–Trinajstić information content (AvgIpc) is 2.28. The minimum atomic E-state index is -3.75. The van der Waals surface area contributed by atoms with E-state index in [1.165, 1.54) is 0 Å². The molecule has 0 saturated carbocycles. The first kappa shape index (κ1) is 14.8. The number of likely N-dealkylation sites (N-methyl/N-ethyl adjacent to an activating group) is 1. The van der Waals surface area contributed by atoms with Crippen LogP contribution in [0.3, 0.4) is 0 Å². The van der Waals surface area contributed by atoms with Crippen LogP contribution in [0, 0.1) is 10.1 Å². The molecule has 1 aromatic carbocycles. The van der Waals surface area contributed by atoms with E-state index in [2.05, 4.69) is 10.0 Å². The van der Waals surface area contributed by atoms with E-state index in [0.717, 1.165) is 18.2 Å². The third kappa shape index (κ3) is 3.64. The van der Waals surface area contributed by atoms with Gasteiger partial charge in [0.25, 0.3) is 5.69 Å². The van der Waals surface area contributed by atoms with Crippen LogP contribution >= 0.6 is 11.6 Å². The summed E-state index contributed by atoms with van der Waals surface area (Å²) in [5, 5.41) is 13.1. The van der Waals surface area contributed by atoms with E-state index in [4.69, 9.17) is 11.6 Å². The molecular formula is C9H12ClN3O4S. The van der Waals surface area contributed by atoms with Gasteiger partial charge in [0, 0.05) is 25.2 Å². The minimum Gasteiger partial charge on any atom is -0.318 e. The molecule has 0 aliphatic carbocycles. The fraction of sp³-hybridized carbons (Fsp3) is 0.333. The summed E-state index contributed by atoms with van der Waals surface area (Å²) in [6.45, 7) is 0.663. The van der Waals surface area contributed by atoms with Gasteiger partial charge in [-0.2, -0.15) is 0 Å². The number of hydrogen-bond acceptors (Lipinski definition) is 5. The molecule has 2 N–H and O–H groups in total. The molecular weight excluding hydrogens is 282 g/mol. The Morgan fingerprint density at radius 2 is 2.06 bits per heavy atom. The standard InChI is InChI=1S/C9H12ClN3O4S/c1-11-4-5-12-18(16,17)9-3-2-7(13(14)15)6-8(9)10/h2-3,6,11-12H,4-5H2,1H3. The molecule has 0 aliphatic rings. The molecule has 18 heavy (non-hydrogen) atoms. The molecule has 100 valence electrons. The van der Waals surface area contributed by atoms with Crippen molar-refractivity contribution in [3.05, 3.63) is 33.3 Å². The van der Waals surface area contributed by atoms with Gasteiger partial charge < -0.3 is 5.32 Å². The highest BCUT2D eigenvalue weighted by Crippen LogP contribution is 2.25. The third-order valence-corrected chi connectivity index (χ3v) is 4.03. The number of nitrogens with one attached hydrogen (secondary N) is 2. The smallest absolute Gasteiger partial charge is 0.271 e. The molecule has 0 heterocycles. The van der Waals surface area contributed by atoms with Gasteiger partial charge in [-0.25, -0.2) is 13.1 Å². The van der Waals surface area contributed by atoms with E-state index in [-0.39, 0.29) is 22.2 Å². The lowest BCUT2D eigenvalue weighted by molar-refractivity contribution is -0.384. The molecule has 0 amide bonds. The number of rotatable bonds is 6. The molecule has 9 heteroatoms. The number of nitrogens with zero attached hydrogens (tertiary/aromatic N) is 1. The summed E-state index contributed by atoms with van der Waals surface area (Å²) in [6, 6.07) is 3.22. The zero-order valence-corrected chi connectivity index (χ0v) is 11.1. The Hall–Kier alpha value is -1.22. The zero-order chi connectivity index (χ0) is 13.8. The first-order chi connectivity index (χ1) is 8.38. The van der Waals surface area contributed by atoms with Gasteiger partial charge in [0.2, 0.25) is 10.0 Å². The Balaban J connectivity index is 2.99. The lowest BCUT2D eigenvalue weighted by Crippen LogP contribution is -2.30. The summed E-state index contributed by atoms with van der Waals surface area (Å²) >= 11 is 5.73. The second kappa shape index (κ2) is 6.10. The van der Waals surface area contributed by atoms with Gasteiger partial charge in [-0.3, -0.25) is 10.1 Å². The predicted molar refractivity (Wildman–Crippen MR) is 67.2 cm³/mol. The summed E-state index contributed by atoms with van der Waals surface area (Å²) < 4.78 is 26.0. The van der Waals surface area contributed by atoms with Crippen LogP contribution in [0.1, 0.15) is 0 Å². The van der Waals surface area contributed by atoms with Crippen molar-refractivity contribution in [2.75, 3.05) is 20.1 Å². The van der Waals surface area contributed by atoms with Crippen molar-refractivity contribution in [3.8, 4) is 0 Å². The molecule has 0 fully saturated rings. The van der Waals surface area contributed by atoms with Gasteiger partial charge in [0.05, 0.1) is 9.95 Å². The fourth-order valence-corrected chi connectivity index (χ4v) is 2.78. The molecule has 7 nitrogen and oxygen atoms in total. The minimum absolute atomic E-state index is 0.175. The topological polar surface area (TPSA) is 101 Å². The highest BCUT2D eigenvalue weighted by Gasteiger charge is 2.19. The van der Waals surface area contributed by atoms with Crippen molar-refractivity contribution in [2.45, 2.75) is 4.90 Å². The molecule has 0 radical (unpaired) electrons.